The van der Waals surface area contributed by atoms with Gasteiger partial charge in [-0.05, 0) is 24.8 Å². The summed E-state index contributed by atoms with van der Waals surface area (Å²) in [6.07, 6.45) is 6.51. The monoisotopic (exact) mass is 281 g/mol. The maximum Gasteiger partial charge on any atom is 0.0897 e. The van der Waals surface area contributed by atoms with Crippen molar-refractivity contribution in [2.45, 2.75) is 51.4 Å². The zero-order chi connectivity index (χ0) is 14.4. The first-order valence-electron chi connectivity index (χ1n) is 7.62. The first-order chi connectivity index (χ1) is 9.65. The topological polar surface area (TPSA) is 59.3 Å². The van der Waals surface area contributed by atoms with E-state index in [4.69, 9.17) is 4.74 Å². The molecule has 0 amide bonds. The normalized spacial score (nSPS) is 24.8. The van der Waals surface area contributed by atoms with Crippen LogP contribution in [0.25, 0.3) is 0 Å². The van der Waals surface area contributed by atoms with Crippen LogP contribution in [0.4, 0.5) is 0 Å². The molecule has 1 fully saturated rings. The van der Waals surface area contributed by atoms with Gasteiger partial charge in [0.2, 0.25) is 0 Å². The molecule has 114 valence electrons. The molecule has 1 aliphatic rings. The lowest BCUT2D eigenvalue weighted by atomic mass is 9.89. The van der Waals surface area contributed by atoms with Gasteiger partial charge >= 0.3 is 0 Å². The van der Waals surface area contributed by atoms with Crippen molar-refractivity contribution in [1.29, 1.82) is 0 Å². The minimum atomic E-state index is -0.444. The molecule has 3 unspecified atom stereocenters. The molecule has 1 heterocycles. The molecule has 3 atom stereocenters. The summed E-state index contributed by atoms with van der Waals surface area (Å²) in [7, 11) is 1.92. The van der Waals surface area contributed by atoms with E-state index in [0.717, 1.165) is 24.5 Å². The quantitative estimate of drug-likeness (QED) is 0.794. The highest BCUT2D eigenvalue weighted by Gasteiger charge is 2.20. The van der Waals surface area contributed by atoms with E-state index in [0.29, 0.717) is 25.8 Å². The fourth-order valence-electron chi connectivity index (χ4n) is 2.78. The Kier molecular flexibility index (Phi) is 6.01. The molecule has 0 bridgehead atoms. The smallest absolute Gasteiger partial charge is 0.0897 e. The number of hydrogen-bond donors (Lipinski definition) is 2. The van der Waals surface area contributed by atoms with Crippen molar-refractivity contribution in [3.05, 3.63) is 18.0 Å². The molecule has 2 N–H and O–H groups in total. The first-order valence-corrected chi connectivity index (χ1v) is 7.62. The molecule has 1 aromatic rings. The highest BCUT2D eigenvalue weighted by Crippen LogP contribution is 2.25. The summed E-state index contributed by atoms with van der Waals surface area (Å²) in [5.41, 5.74) is 1.11. The number of aromatic nitrogens is 2. The lowest BCUT2D eigenvalue weighted by Gasteiger charge is -2.27. The van der Waals surface area contributed by atoms with Gasteiger partial charge in [-0.25, -0.2) is 0 Å². The Hall–Kier alpha value is -0.910. The van der Waals surface area contributed by atoms with Gasteiger partial charge < -0.3 is 15.2 Å². The highest BCUT2D eigenvalue weighted by molar-refractivity contribution is 4.99. The fourth-order valence-corrected chi connectivity index (χ4v) is 2.78. The van der Waals surface area contributed by atoms with Crippen molar-refractivity contribution in [2.24, 2.45) is 13.0 Å². The predicted octanol–water partition coefficient (Wildman–Crippen LogP) is 1.47. The molecule has 0 saturated heterocycles. The summed E-state index contributed by atoms with van der Waals surface area (Å²) in [4.78, 5) is 0. The maximum atomic E-state index is 9.93. The number of aryl methyl sites for hydroxylation is 1. The molecule has 5 heteroatoms. The predicted molar refractivity (Wildman–Crippen MR) is 78.3 cm³/mol. The molecule has 5 nitrogen and oxygen atoms in total. The molecule has 1 aliphatic carbocycles. The van der Waals surface area contributed by atoms with E-state index in [2.05, 4.69) is 17.3 Å². The number of hydrogen-bond acceptors (Lipinski definition) is 4. The lowest BCUT2D eigenvalue weighted by Crippen LogP contribution is -2.33. The van der Waals surface area contributed by atoms with Gasteiger partial charge in [0.15, 0.2) is 0 Å². The van der Waals surface area contributed by atoms with Gasteiger partial charge in [-0.15, -0.1) is 0 Å². The average molecular weight is 281 g/mol. The van der Waals surface area contributed by atoms with Crippen molar-refractivity contribution >= 4 is 0 Å². The zero-order valence-electron chi connectivity index (χ0n) is 12.6. The Labute approximate surface area is 121 Å². The second-order valence-corrected chi connectivity index (χ2v) is 5.96. The van der Waals surface area contributed by atoms with Crippen LogP contribution in [-0.2, 0) is 18.3 Å². The Bertz CT molecular complexity index is 394. The van der Waals surface area contributed by atoms with E-state index >= 15 is 0 Å². The number of nitrogens with one attached hydrogen (secondary N) is 1. The van der Waals surface area contributed by atoms with Crippen LogP contribution in [0.1, 0.15) is 38.3 Å². The Morgan fingerprint density at radius 3 is 3.10 bits per heavy atom. The minimum absolute atomic E-state index is 0.338. The van der Waals surface area contributed by atoms with Gasteiger partial charge in [-0.1, -0.05) is 19.8 Å². The van der Waals surface area contributed by atoms with Crippen LogP contribution in [0.15, 0.2) is 12.3 Å². The van der Waals surface area contributed by atoms with Gasteiger partial charge in [0.25, 0.3) is 0 Å². The molecule has 20 heavy (non-hydrogen) atoms. The van der Waals surface area contributed by atoms with E-state index in [1.54, 1.807) is 6.20 Å². The van der Waals surface area contributed by atoms with Gasteiger partial charge in [0.05, 0.1) is 24.5 Å². The Morgan fingerprint density at radius 1 is 1.55 bits per heavy atom. The van der Waals surface area contributed by atoms with Crippen molar-refractivity contribution in [1.82, 2.24) is 15.1 Å². The fraction of sp³-hybridized carbons (Fsp3) is 0.800. The number of nitrogens with zero attached hydrogens (tertiary/aromatic N) is 2. The molecular weight excluding hydrogens is 254 g/mol. The van der Waals surface area contributed by atoms with Crippen LogP contribution < -0.4 is 5.32 Å². The summed E-state index contributed by atoms with van der Waals surface area (Å²) in [5.74, 6) is 0.758. The molecule has 0 aromatic carbocycles. The molecule has 1 aromatic heterocycles. The van der Waals surface area contributed by atoms with Gasteiger partial charge in [-0.3, -0.25) is 4.68 Å². The summed E-state index contributed by atoms with van der Waals surface area (Å²) < 4.78 is 7.65. The van der Waals surface area contributed by atoms with Crippen LogP contribution in [-0.4, -0.2) is 40.2 Å². The summed E-state index contributed by atoms with van der Waals surface area (Å²) >= 11 is 0. The van der Waals surface area contributed by atoms with Crippen LogP contribution in [0.3, 0.4) is 0 Å². The van der Waals surface area contributed by atoms with Crippen molar-refractivity contribution in [3.8, 4) is 0 Å². The van der Waals surface area contributed by atoms with E-state index < -0.39 is 6.10 Å². The van der Waals surface area contributed by atoms with E-state index in [9.17, 15) is 5.11 Å². The molecule has 0 spiro atoms. The summed E-state index contributed by atoms with van der Waals surface area (Å²) in [6.45, 7) is 3.97. The Morgan fingerprint density at radius 2 is 2.40 bits per heavy atom. The number of ether oxygens (including phenoxy) is 1. The molecule has 0 aliphatic heterocycles. The van der Waals surface area contributed by atoms with Crippen LogP contribution in [0.2, 0.25) is 0 Å². The van der Waals surface area contributed by atoms with Gasteiger partial charge in [0, 0.05) is 26.3 Å². The SMILES string of the molecule is CC1CCCC(OCC(O)CNCc2ccnn2C)C1. The molecule has 0 radical (unpaired) electrons. The molecule has 1 saturated carbocycles. The van der Waals surface area contributed by atoms with E-state index in [-0.39, 0.29) is 0 Å². The van der Waals surface area contributed by atoms with Crippen LogP contribution in [0, 0.1) is 5.92 Å². The first kappa shape index (κ1) is 15.5. The standard InChI is InChI=1S/C15H27N3O2/c1-12-4-3-5-15(8-12)20-11-14(19)10-16-9-13-6-7-17-18(13)2/h6-7,12,14-16,19H,3-5,8-11H2,1-2H3. The average Bonchev–Trinajstić information content (AvgIpc) is 2.82. The van der Waals surface area contributed by atoms with E-state index in [1.165, 1.54) is 12.8 Å². The third-order valence-corrected chi connectivity index (χ3v) is 4.02. The maximum absolute atomic E-state index is 9.93. The third-order valence-electron chi connectivity index (χ3n) is 4.02. The van der Waals surface area contributed by atoms with Crippen molar-refractivity contribution in [2.75, 3.05) is 13.2 Å². The number of rotatable bonds is 7. The lowest BCUT2D eigenvalue weighted by molar-refractivity contribution is -0.0307. The Balaban J connectivity index is 1.58. The zero-order valence-corrected chi connectivity index (χ0v) is 12.6. The van der Waals surface area contributed by atoms with Crippen LogP contribution >= 0.6 is 0 Å². The summed E-state index contributed by atoms with van der Waals surface area (Å²) in [6, 6.07) is 1.97. The minimum Gasteiger partial charge on any atom is -0.389 e. The highest BCUT2D eigenvalue weighted by atomic mass is 16.5. The van der Waals surface area contributed by atoms with Crippen LogP contribution in [0.5, 0.6) is 0 Å². The van der Waals surface area contributed by atoms with E-state index in [1.807, 2.05) is 17.8 Å². The largest absolute Gasteiger partial charge is 0.389 e. The second kappa shape index (κ2) is 7.76. The second-order valence-electron chi connectivity index (χ2n) is 5.96. The number of aliphatic hydroxyl groups is 1. The molecular formula is C15H27N3O2. The third kappa shape index (κ3) is 4.89. The van der Waals surface area contributed by atoms with Gasteiger partial charge in [0.1, 0.15) is 0 Å². The summed E-state index contributed by atoms with van der Waals surface area (Å²) in [5, 5.41) is 17.3. The number of aliphatic hydroxyl groups excluding tert-OH is 1. The molecule has 2 rings (SSSR count). The van der Waals surface area contributed by atoms with Gasteiger partial charge in [-0.2, -0.15) is 5.10 Å². The van der Waals surface area contributed by atoms with Crippen molar-refractivity contribution < 1.29 is 9.84 Å². The van der Waals surface area contributed by atoms with Crippen molar-refractivity contribution in [3.63, 3.8) is 0 Å².